The molecule has 3 heteroatoms. The molecule has 0 aliphatic heterocycles. The summed E-state index contributed by atoms with van der Waals surface area (Å²) in [5, 5.41) is 3.25. The van der Waals surface area contributed by atoms with Gasteiger partial charge in [0.05, 0.1) is 6.61 Å². The lowest BCUT2D eigenvalue weighted by Crippen LogP contribution is -2.15. The number of nitrogens with one attached hydrogen (secondary N) is 1. The first kappa shape index (κ1) is 13.0. The van der Waals surface area contributed by atoms with Crippen molar-refractivity contribution in [1.29, 1.82) is 0 Å². The molecule has 1 aromatic rings. The van der Waals surface area contributed by atoms with Crippen LogP contribution in [0, 0.1) is 5.82 Å². The zero-order valence-corrected chi connectivity index (χ0v) is 10.1. The highest BCUT2D eigenvalue weighted by atomic mass is 19.1. The lowest BCUT2D eigenvalue weighted by molar-refractivity contribution is 0.297. The van der Waals surface area contributed by atoms with Crippen LogP contribution in [0.3, 0.4) is 0 Å². The third-order valence-electron chi connectivity index (χ3n) is 2.24. The molecule has 0 aromatic heterocycles. The summed E-state index contributed by atoms with van der Waals surface area (Å²) in [5.41, 5.74) is 0.891. The van der Waals surface area contributed by atoms with Crippen molar-refractivity contribution in [3.63, 3.8) is 0 Å². The predicted molar refractivity (Wildman–Crippen MR) is 64.2 cm³/mol. The van der Waals surface area contributed by atoms with E-state index in [1.165, 1.54) is 6.07 Å². The van der Waals surface area contributed by atoms with E-state index in [1.807, 2.05) is 13.0 Å². The van der Waals surface area contributed by atoms with E-state index in [1.54, 1.807) is 6.07 Å². The van der Waals surface area contributed by atoms with Crippen LogP contribution in [0.1, 0.15) is 32.3 Å². The molecule has 0 amide bonds. The lowest BCUT2D eigenvalue weighted by atomic mass is 10.2. The summed E-state index contributed by atoms with van der Waals surface area (Å²) >= 11 is 0. The molecule has 0 fully saturated rings. The summed E-state index contributed by atoms with van der Waals surface area (Å²) in [6.07, 6.45) is 1.95. The smallest absolute Gasteiger partial charge is 0.165 e. The van der Waals surface area contributed by atoms with Gasteiger partial charge in [0.2, 0.25) is 0 Å². The van der Waals surface area contributed by atoms with E-state index in [4.69, 9.17) is 4.74 Å². The highest BCUT2D eigenvalue weighted by Crippen LogP contribution is 2.22. The normalized spacial score (nSPS) is 10.4. The van der Waals surface area contributed by atoms with Gasteiger partial charge in [-0.3, -0.25) is 0 Å². The minimum absolute atomic E-state index is 0.274. The largest absolute Gasteiger partial charge is 0.490 e. The van der Waals surface area contributed by atoms with Crippen molar-refractivity contribution in [3.8, 4) is 5.75 Å². The van der Waals surface area contributed by atoms with Gasteiger partial charge in [0.1, 0.15) is 0 Å². The van der Waals surface area contributed by atoms with Crippen LogP contribution in [0.2, 0.25) is 0 Å². The second-order valence-electron chi connectivity index (χ2n) is 3.75. The molecule has 1 rings (SSSR count). The highest BCUT2D eigenvalue weighted by molar-refractivity contribution is 5.34. The third-order valence-corrected chi connectivity index (χ3v) is 2.24. The molecule has 0 saturated carbocycles. The van der Waals surface area contributed by atoms with Crippen LogP contribution in [0.4, 0.5) is 4.39 Å². The quantitative estimate of drug-likeness (QED) is 0.720. The van der Waals surface area contributed by atoms with E-state index in [0.29, 0.717) is 18.9 Å². The van der Waals surface area contributed by atoms with Gasteiger partial charge in [-0.05, 0) is 25.5 Å². The standard InChI is InChI=1S/C13H20FNO/c1-3-8-15-10-11-6-5-7-12(14)13(11)16-9-4-2/h5-7,15H,3-4,8-10H2,1-2H3. The Labute approximate surface area is 96.8 Å². The van der Waals surface area contributed by atoms with E-state index in [9.17, 15) is 4.39 Å². The van der Waals surface area contributed by atoms with Gasteiger partial charge in [-0.2, -0.15) is 0 Å². The molecule has 2 nitrogen and oxygen atoms in total. The van der Waals surface area contributed by atoms with Gasteiger partial charge >= 0.3 is 0 Å². The molecule has 0 aliphatic rings. The molecule has 0 radical (unpaired) electrons. The fourth-order valence-corrected chi connectivity index (χ4v) is 1.46. The minimum Gasteiger partial charge on any atom is -0.490 e. The lowest BCUT2D eigenvalue weighted by Gasteiger charge is -2.12. The van der Waals surface area contributed by atoms with Crippen molar-refractivity contribution in [3.05, 3.63) is 29.6 Å². The molecule has 0 saturated heterocycles. The van der Waals surface area contributed by atoms with Crippen LogP contribution in [0.5, 0.6) is 5.75 Å². The molecule has 0 unspecified atom stereocenters. The summed E-state index contributed by atoms with van der Waals surface area (Å²) in [6, 6.07) is 5.06. The zero-order valence-electron chi connectivity index (χ0n) is 10.1. The fraction of sp³-hybridized carbons (Fsp3) is 0.538. The van der Waals surface area contributed by atoms with Crippen LogP contribution in [-0.2, 0) is 6.54 Å². The van der Waals surface area contributed by atoms with Crippen molar-refractivity contribution < 1.29 is 9.13 Å². The zero-order chi connectivity index (χ0) is 11.8. The molecule has 1 aromatic carbocycles. The van der Waals surface area contributed by atoms with Crippen molar-refractivity contribution in [2.24, 2.45) is 0 Å². The summed E-state index contributed by atoms with van der Waals surface area (Å²) in [4.78, 5) is 0. The average Bonchev–Trinajstić information content (AvgIpc) is 2.28. The molecular weight excluding hydrogens is 205 g/mol. The van der Waals surface area contributed by atoms with Gasteiger partial charge in [0.25, 0.3) is 0 Å². The first-order valence-corrected chi connectivity index (χ1v) is 5.90. The first-order valence-electron chi connectivity index (χ1n) is 5.90. The molecule has 16 heavy (non-hydrogen) atoms. The highest BCUT2D eigenvalue weighted by Gasteiger charge is 2.08. The topological polar surface area (TPSA) is 21.3 Å². The Balaban J connectivity index is 2.68. The van der Waals surface area contributed by atoms with Crippen LogP contribution in [0.25, 0.3) is 0 Å². The van der Waals surface area contributed by atoms with Crippen molar-refractivity contribution in [1.82, 2.24) is 5.32 Å². The predicted octanol–water partition coefficient (Wildman–Crippen LogP) is 3.11. The van der Waals surface area contributed by atoms with Gasteiger partial charge in [-0.25, -0.2) is 4.39 Å². The van der Waals surface area contributed by atoms with Crippen molar-refractivity contribution >= 4 is 0 Å². The minimum atomic E-state index is -0.274. The maximum atomic E-state index is 13.5. The number of benzene rings is 1. The van der Waals surface area contributed by atoms with Crippen LogP contribution < -0.4 is 10.1 Å². The molecule has 0 heterocycles. The monoisotopic (exact) mass is 225 g/mol. The maximum absolute atomic E-state index is 13.5. The van der Waals surface area contributed by atoms with Crippen molar-refractivity contribution in [2.75, 3.05) is 13.2 Å². The molecule has 1 N–H and O–H groups in total. The van der Waals surface area contributed by atoms with Crippen LogP contribution in [-0.4, -0.2) is 13.2 Å². The molecular formula is C13H20FNO. The molecule has 90 valence electrons. The molecule has 0 spiro atoms. The number of para-hydroxylation sites is 1. The van der Waals surface area contributed by atoms with Crippen molar-refractivity contribution in [2.45, 2.75) is 33.2 Å². The van der Waals surface area contributed by atoms with Gasteiger partial charge in [-0.1, -0.05) is 26.0 Å². The molecule has 0 aliphatic carbocycles. The van der Waals surface area contributed by atoms with E-state index in [0.717, 1.165) is 24.9 Å². The Hall–Kier alpha value is -1.09. The van der Waals surface area contributed by atoms with Crippen LogP contribution >= 0.6 is 0 Å². The summed E-state index contributed by atoms with van der Waals surface area (Å²) in [6.45, 7) is 6.26. The van der Waals surface area contributed by atoms with Crippen LogP contribution in [0.15, 0.2) is 18.2 Å². The maximum Gasteiger partial charge on any atom is 0.165 e. The Morgan fingerprint density at radius 2 is 2.06 bits per heavy atom. The van der Waals surface area contributed by atoms with E-state index >= 15 is 0 Å². The summed E-state index contributed by atoms with van der Waals surface area (Å²) in [7, 11) is 0. The Morgan fingerprint density at radius 3 is 2.75 bits per heavy atom. The Morgan fingerprint density at radius 1 is 1.25 bits per heavy atom. The molecule has 0 atom stereocenters. The second kappa shape index (κ2) is 7.23. The van der Waals surface area contributed by atoms with E-state index in [-0.39, 0.29) is 5.82 Å². The number of hydrogen-bond donors (Lipinski definition) is 1. The number of hydrogen-bond acceptors (Lipinski definition) is 2. The van der Waals surface area contributed by atoms with E-state index in [2.05, 4.69) is 12.2 Å². The fourth-order valence-electron chi connectivity index (χ4n) is 1.46. The summed E-state index contributed by atoms with van der Waals surface area (Å²) in [5.74, 6) is 0.122. The summed E-state index contributed by atoms with van der Waals surface area (Å²) < 4.78 is 19.0. The average molecular weight is 225 g/mol. The van der Waals surface area contributed by atoms with Gasteiger partial charge < -0.3 is 10.1 Å². The number of rotatable bonds is 7. The number of halogens is 1. The Bertz CT molecular complexity index is 315. The van der Waals surface area contributed by atoms with Gasteiger partial charge in [-0.15, -0.1) is 0 Å². The third kappa shape index (κ3) is 3.81. The Kier molecular flexibility index (Phi) is 5.86. The van der Waals surface area contributed by atoms with Gasteiger partial charge in [0.15, 0.2) is 11.6 Å². The SMILES string of the molecule is CCCNCc1cccc(F)c1OCCC. The number of ether oxygens (including phenoxy) is 1. The molecule has 0 bridgehead atoms. The van der Waals surface area contributed by atoms with E-state index < -0.39 is 0 Å². The van der Waals surface area contributed by atoms with Gasteiger partial charge in [0, 0.05) is 12.1 Å². The second-order valence-corrected chi connectivity index (χ2v) is 3.75. The first-order chi connectivity index (χ1) is 7.79.